The van der Waals surface area contributed by atoms with E-state index in [1.54, 1.807) is 0 Å². The van der Waals surface area contributed by atoms with Crippen LogP contribution in [-0.2, 0) is 22.4 Å². The summed E-state index contributed by atoms with van der Waals surface area (Å²) in [6.07, 6.45) is 2.75. The van der Waals surface area contributed by atoms with Gasteiger partial charge < -0.3 is 15.0 Å². The van der Waals surface area contributed by atoms with Crippen LogP contribution in [0.2, 0.25) is 0 Å². The molecule has 128 valence electrons. The van der Waals surface area contributed by atoms with Gasteiger partial charge in [-0.1, -0.05) is 18.2 Å². The van der Waals surface area contributed by atoms with Crippen LogP contribution in [0.15, 0.2) is 24.3 Å². The highest BCUT2D eigenvalue weighted by Gasteiger charge is 2.27. The molecule has 5 nitrogen and oxygen atoms in total. The van der Waals surface area contributed by atoms with Crippen LogP contribution in [0, 0.1) is 5.92 Å². The number of aromatic nitrogens is 1. The van der Waals surface area contributed by atoms with Crippen molar-refractivity contribution < 1.29 is 9.53 Å². The van der Waals surface area contributed by atoms with Crippen molar-refractivity contribution in [3.63, 3.8) is 0 Å². The van der Waals surface area contributed by atoms with Gasteiger partial charge in [0.1, 0.15) is 0 Å². The Hall–Kier alpha value is -1.85. The molecule has 2 aromatic rings. The molecule has 1 aliphatic heterocycles. The summed E-state index contributed by atoms with van der Waals surface area (Å²) in [7, 11) is 0. The predicted molar refractivity (Wildman–Crippen MR) is 94.1 cm³/mol. The minimum Gasteiger partial charge on any atom is -0.379 e. The van der Waals surface area contributed by atoms with Crippen LogP contribution in [0.4, 0.5) is 0 Å². The van der Waals surface area contributed by atoms with Gasteiger partial charge in [-0.25, -0.2) is 0 Å². The molecule has 1 aromatic carbocycles. The lowest BCUT2D eigenvalue weighted by Crippen LogP contribution is -2.43. The van der Waals surface area contributed by atoms with Gasteiger partial charge >= 0.3 is 0 Å². The van der Waals surface area contributed by atoms with Crippen LogP contribution in [0.5, 0.6) is 0 Å². The van der Waals surface area contributed by atoms with Gasteiger partial charge in [-0.05, 0) is 30.9 Å². The molecule has 1 unspecified atom stereocenters. The van der Waals surface area contributed by atoms with Crippen molar-refractivity contribution in [3.05, 3.63) is 35.5 Å². The van der Waals surface area contributed by atoms with E-state index in [-0.39, 0.29) is 11.8 Å². The Morgan fingerprint density at radius 3 is 3.00 bits per heavy atom. The Balaban J connectivity index is 1.34. The standard InChI is InChI=1S/C19H25N3O2/c23-19(20-7-8-22-9-11-24-12-10-22)14-5-6-18-16(13-14)15-3-1-2-4-17(15)21-18/h1-4,14,21H,5-13H2,(H,20,23). The first kappa shape index (κ1) is 15.7. The Morgan fingerprint density at radius 1 is 1.29 bits per heavy atom. The molecular weight excluding hydrogens is 302 g/mol. The zero-order valence-corrected chi connectivity index (χ0v) is 14.0. The van der Waals surface area contributed by atoms with Crippen LogP contribution >= 0.6 is 0 Å². The van der Waals surface area contributed by atoms with E-state index in [2.05, 4.69) is 39.5 Å². The number of amides is 1. The van der Waals surface area contributed by atoms with Crippen molar-refractivity contribution in [1.29, 1.82) is 0 Å². The lowest BCUT2D eigenvalue weighted by Gasteiger charge is -2.27. The number of rotatable bonds is 4. The summed E-state index contributed by atoms with van der Waals surface area (Å²) < 4.78 is 5.35. The van der Waals surface area contributed by atoms with Crippen molar-refractivity contribution in [1.82, 2.24) is 15.2 Å². The molecule has 0 radical (unpaired) electrons. The summed E-state index contributed by atoms with van der Waals surface area (Å²) in [4.78, 5) is 18.4. The highest BCUT2D eigenvalue weighted by atomic mass is 16.5. The number of benzene rings is 1. The van der Waals surface area contributed by atoms with Crippen molar-refractivity contribution in [2.24, 2.45) is 5.92 Å². The summed E-state index contributed by atoms with van der Waals surface area (Å²) in [6, 6.07) is 8.40. The second-order valence-corrected chi connectivity index (χ2v) is 6.81. The SMILES string of the molecule is O=C(NCCN1CCOCC1)C1CCc2[nH]c3ccccc3c2C1. The highest BCUT2D eigenvalue weighted by molar-refractivity contribution is 5.86. The largest absolute Gasteiger partial charge is 0.379 e. The summed E-state index contributed by atoms with van der Waals surface area (Å²) in [5.74, 6) is 0.306. The fourth-order valence-corrected chi connectivity index (χ4v) is 3.90. The van der Waals surface area contributed by atoms with E-state index in [0.717, 1.165) is 58.7 Å². The number of carbonyl (C=O) groups excluding carboxylic acids is 1. The smallest absolute Gasteiger partial charge is 0.223 e. The molecule has 0 bridgehead atoms. The first-order chi connectivity index (χ1) is 11.8. The molecule has 0 saturated carbocycles. The van der Waals surface area contributed by atoms with Crippen LogP contribution in [-0.4, -0.2) is 55.2 Å². The molecule has 1 aliphatic carbocycles. The number of morpholine rings is 1. The average molecular weight is 327 g/mol. The van der Waals surface area contributed by atoms with Crippen LogP contribution in [0.3, 0.4) is 0 Å². The topological polar surface area (TPSA) is 57.4 Å². The van der Waals surface area contributed by atoms with E-state index in [1.807, 2.05) is 0 Å². The third-order valence-corrected chi connectivity index (χ3v) is 5.30. The summed E-state index contributed by atoms with van der Waals surface area (Å²) in [5, 5.41) is 4.42. The minimum absolute atomic E-state index is 0.0985. The van der Waals surface area contributed by atoms with E-state index in [9.17, 15) is 4.79 Å². The van der Waals surface area contributed by atoms with Gasteiger partial charge in [-0.2, -0.15) is 0 Å². The number of ether oxygens (including phenoxy) is 1. The molecule has 1 saturated heterocycles. The van der Waals surface area contributed by atoms with Gasteiger partial charge in [0.05, 0.1) is 13.2 Å². The summed E-state index contributed by atoms with van der Waals surface area (Å²) in [6.45, 7) is 5.20. The predicted octanol–water partition coefficient (Wildman–Crippen LogP) is 1.72. The molecule has 5 heteroatoms. The van der Waals surface area contributed by atoms with Gasteiger partial charge in [0.25, 0.3) is 0 Å². The van der Waals surface area contributed by atoms with Crippen molar-refractivity contribution in [3.8, 4) is 0 Å². The number of hydrogen-bond acceptors (Lipinski definition) is 3. The quantitative estimate of drug-likeness (QED) is 0.899. The number of para-hydroxylation sites is 1. The number of nitrogens with zero attached hydrogens (tertiary/aromatic N) is 1. The first-order valence-electron chi connectivity index (χ1n) is 8.97. The maximum atomic E-state index is 12.5. The van der Waals surface area contributed by atoms with E-state index in [4.69, 9.17) is 4.74 Å². The number of hydrogen-bond donors (Lipinski definition) is 2. The van der Waals surface area contributed by atoms with Gasteiger partial charge in [-0.3, -0.25) is 9.69 Å². The lowest BCUT2D eigenvalue weighted by atomic mass is 9.86. The van der Waals surface area contributed by atoms with Crippen LogP contribution in [0.25, 0.3) is 10.9 Å². The molecule has 1 fully saturated rings. The molecule has 24 heavy (non-hydrogen) atoms. The average Bonchev–Trinajstić information content (AvgIpc) is 3.00. The van der Waals surface area contributed by atoms with Gasteiger partial charge in [0.2, 0.25) is 5.91 Å². The van der Waals surface area contributed by atoms with Crippen molar-refractivity contribution in [2.45, 2.75) is 19.3 Å². The number of fused-ring (bicyclic) bond motifs is 3. The fraction of sp³-hybridized carbons (Fsp3) is 0.526. The van der Waals surface area contributed by atoms with E-state index in [0.29, 0.717) is 0 Å². The molecule has 0 spiro atoms. The normalized spacial score (nSPS) is 21.6. The monoisotopic (exact) mass is 327 g/mol. The molecule has 2 aliphatic rings. The maximum Gasteiger partial charge on any atom is 0.223 e. The number of H-pyrrole nitrogens is 1. The molecule has 2 heterocycles. The zero-order chi connectivity index (χ0) is 16.4. The highest BCUT2D eigenvalue weighted by Crippen LogP contribution is 2.31. The number of aromatic amines is 1. The molecule has 1 amide bonds. The summed E-state index contributed by atoms with van der Waals surface area (Å²) in [5.41, 5.74) is 3.84. The Bertz CT molecular complexity index is 718. The zero-order valence-electron chi connectivity index (χ0n) is 14.0. The molecular formula is C19H25N3O2. The lowest BCUT2D eigenvalue weighted by molar-refractivity contribution is -0.125. The van der Waals surface area contributed by atoms with Crippen molar-refractivity contribution >= 4 is 16.8 Å². The van der Waals surface area contributed by atoms with E-state index < -0.39 is 0 Å². The van der Waals surface area contributed by atoms with Crippen LogP contribution in [0.1, 0.15) is 17.7 Å². The van der Waals surface area contributed by atoms with E-state index >= 15 is 0 Å². The third-order valence-electron chi connectivity index (χ3n) is 5.30. The first-order valence-corrected chi connectivity index (χ1v) is 8.97. The second kappa shape index (κ2) is 6.95. The van der Waals surface area contributed by atoms with E-state index in [1.165, 1.54) is 22.2 Å². The van der Waals surface area contributed by atoms with Crippen LogP contribution < -0.4 is 5.32 Å². The molecule has 4 rings (SSSR count). The maximum absolute atomic E-state index is 12.5. The third kappa shape index (κ3) is 3.19. The summed E-state index contributed by atoms with van der Waals surface area (Å²) >= 11 is 0. The van der Waals surface area contributed by atoms with Gasteiger partial charge in [0.15, 0.2) is 0 Å². The molecule has 2 N–H and O–H groups in total. The minimum atomic E-state index is 0.0985. The fourth-order valence-electron chi connectivity index (χ4n) is 3.90. The Labute approximate surface area is 142 Å². The van der Waals surface area contributed by atoms with Crippen molar-refractivity contribution in [2.75, 3.05) is 39.4 Å². The number of aryl methyl sites for hydroxylation is 1. The Kier molecular flexibility index (Phi) is 4.54. The van der Waals surface area contributed by atoms with Gasteiger partial charge in [-0.15, -0.1) is 0 Å². The van der Waals surface area contributed by atoms with Gasteiger partial charge in [0, 0.05) is 48.7 Å². The Morgan fingerprint density at radius 2 is 2.12 bits per heavy atom. The second-order valence-electron chi connectivity index (χ2n) is 6.81. The number of nitrogens with one attached hydrogen (secondary N) is 2. The molecule has 1 atom stereocenters. The number of carbonyl (C=O) groups is 1. The molecule has 1 aromatic heterocycles.